The van der Waals surface area contributed by atoms with Crippen LogP contribution >= 0.6 is 68.0 Å². The van der Waals surface area contributed by atoms with Crippen LogP contribution in [0.5, 0.6) is 0 Å². The predicted molar refractivity (Wildman–Crippen MR) is 64.4 cm³/mol. The average molecular weight is 315 g/mol. The summed E-state index contributed by atoms with van der Waals surface area (Å²) in [5.41, 5.74) is 0. The molecule has 0 fully saturated rings. The van der Waals surface area contributed by atoms with E-state index in [1.165, 1.54) is 12.1 Å². The lowest BCUT2D eigenvalue weighted by Crippen LogP contribution is -2.32. The van der Waals surface area contributed by atoms with Crippen LogP contribution in [0.1, 0.15) is 0 Å². The van der Waals surface area contributed by atoms with Crippen LogP contribution in [-0.4, -0.2) is 6.00 Å². The molecule has 0 amide bonds. The van der Waals surface area contributed by atoms with Crippen molar-refractivity contribution in [1.82, 2.24) is 0 Å². The highest BCUT2D eigenvalue weighted by Crippen LogP contribution is 2.30. The molecule has 72 valence electrons. The van der Waals surface area contributed by atoms with Gasteiger partial charge in [0.1, 0.15) is 0 Å². The summed E-state index contributed by atoms with van der Waals surface area (Å²) >= 11 is 34.7. The first kappa shape index (κ1) is 12.2. The van der Waals surface area contributed by atoms with Gasteiger partial charge in [-0.15, -0.1) is 33.2 Å². The van der Waals surface area contributed by atoms with E-state index < -0.39 is 6.00 Å². The molecule has 0 radical (unpaired) electrons. The minimum absolute atomic E-state index is 0.296. The Kier molecular flexibility index (Phi) is 4.10. The zero-order valence-electron chi connectivity index (χ0n) is 5.92. The summed E-state index contributed by atoms with van der Waals surface area (Å²) in [7, 11) is 0. The van der Waals surface area contributed by atoms with Gasteiger partial charge in [0, 0.05) is 20.3 Å². The summed E-state index contributed by atoms with van der Waals surface area (Å²) in [6, 6.07) is -0.0528. The first-order chi connectivity index (χ1) is 5.82. The Morgan fingerprint density at radius 2 is 1.23 bits per heavy atom. The maximum atomic E-state index is 5.83. The van der Waals surface area contributed by atoms with E-state index >= 15 is 0 Å². The van der Waals surface area contributed by atoms with Crippen molar-refractivity contribution in [1.29, 1.82) is 0 Å². The number of hydrogen-bond donors (Lipinski definition) is 0. The molecule has 0 heterocycles. The third-order valence-electron chi connectivity index (χ3n) is 1.29. The molecule has 0 atom stereocenters. The lowest BCUT2D eigenvalue weighted by Gasteiger charge is -2.12. The number of halogens is 6. The standard InChI is InChI=1S/C6H2Cl6Si/c7-3-1-4(8)6(5(9)2-3)13(10,11)12/h1-2H. The van der Waals surface area contributed by atoms with Crippen molar-refractivity contribution < 1.29 is 0 Å². The van der Waals surface area contributed by atoms with E-state index in [0.29, 0.717) is 20.3 Å². The second-order valence-electron chi connectivity index (χ2n) is 2.24. The Hall–Kier alpha value is 1.18. The fraction of sp³-hybridized carbons (Fsp3) is 0. The van der Waals surface area contributed by atoms with Gasteiger partial charge < -0.3 is 0 Å². The van der Waals surface area contributed by atoms with E-state index in [0.717, 1.165) is 0 Å². The lowest BCUT2D eigenvalue weighted by atomic mass is 10.3. The maximum absolute atomic E-state index is 5.83. The normalized spacial score (nSPS) is 11.8. The first-order valence-corrected chi connectivity index (χ1v) is 9.21. The van der Waals surface area contributed by atoms with Gasteiger partial charge in [-0.1, -0.05) is 34.8 Å². The number of rotatable bonds is 1. The van der Waals surface area contributed by atoms with Gasteiger partial charge in [-0.05, 0) is 12.1 Å². The molecule has 1 rings (SSSR count). The fourth-order valence-electron chi connectivity index (χ4n) is 0.813. The molecule has 0 aliphatic heterocycles. The van der Waals surface area contributed by atoms with Crippen LogP contribution in [0.15, 0.2) is 12.1 Å². The van der Waals surface area contributed by atoms with E-state index in [1.54, 1.807) is 0 Å². The third-order valence-corrected chi connectivity index (χ3v) is 5.23. The van der Waals surface area contributed by atoms with Crippen molar-refractivity contribution in [2.24, 2.45) is 0 Å². The Bertz CT molecular complexity index is 307. The molecule has 0 nitrogen and oxygen atoms in total. The third kappa shape index (κ3) is 3.06. The van der Waals surface area contributed by atoms with Crippen LogP contribution in [0.2, 0.25) is 15.1 Å². The predicted octanol–water partition coefficient (Wildman–Crippen LogP) is 4.51. The van der Waals surface area contributed by atoms with E-state index in [2.05, 4.69) is 0 Å². The second kappa shape index (κ2) is 4.36. The van der Waals surface area contributed by atoms with Crippen LogP contribution in [0.25, 0.3) is 0 Å². The summed E-state index contributed by atoms with van der Waals surface area (Å²) < 4.78 is 0. The molecule has 0 aliphatic rings. The highest BCUT2D eigenvalue weighted by atomic mass is 35.8. The molecular weight excluding hydrogens is 313 g/mol. The van der Waals surface area contributed by atoms with Gasteiger partial charge in [0.2, 0.25) is 0 Å². The molecular formula is C6H2Cl6Si. The number of benzene rings is 1. The van der Waals surface area contributed by atoms with Crippen molar-refractivity contribution in [3.63, 3.8) is 0 Å². The van der Waals surface area contributed by atoms with Gasteiger partial charge >= 0.3 is 6.00 Å². The second-order valence-corrected chi connectivity index (χ2v) is 11.8. The zero-order chi connectivity index (χ0) is 10.2. The average Bonchev–Trinajstić information content (AvgIpc) is 1.78. The van der Waals surface area contributed by atoms with Crippen molar-refractivity contribution in [3.05, 3.63) is 27.2 Å². The first-order valence-electron chi connectivity index (χ1n) is 3.04. The molecule has 0 spiro atoms. The van der Waals surface area contributed by atoms with E-state index in [4.69, 9.17) is 68.0 Å². The minimum Gasteiger partial charge on any atom is -0.121 e. The minimum atomic E-state index is -3.05. The summed E-state index contributed by atoms with van der Waals surface area (Å²) in [4.78, 5) is 0. The molecule has 0 N–H and O–H groups in total. The quantitative estimate of drug-likeness (QED) is 0.528. The van der Waals surface area contributed by atoms with Crippen LogP contribution in [0, 0.1) is 0 Å². The smallest absolute Gasteiger partial charge is 0.121 e. The van der Waals surface area contributed by atoms with E-state index in [-0.39, 0.29) is 0 Å². The van der Waals surface area contributed by atoms with Crippen LogP contribution in [0.4, 0.5) is 0 Å². The van der Waals surface area contributed by atoms with E-state index in [9.17, 15) is 0 Å². The molecule has 7 heteroatoms. The van der Waals surface area contributed by atoms with Gasteiger partial charge in [-0.2, -0.15) is 0 Å². The summed E-state index contributed by atoms with van der Waals surface area (Å²) in [5, 5.41) is 1.39. The summed E-state index contributed by atoms with van der Waals surface area (Å²) in [6.07, 6.45) is 0. The van der Waals surface area contributed by atoms with Crippen LogP contribution in [0.3, 0.4) is 0 Å². The van der Waals surface area contributed by atoms with Crippen molar-refractivity contribution in [3.8, 4) is 0 Å². The maximum Gasteiger partial charge on any atom is 0.375 e. The molecule has 0 saturated carbocycles. The van der Waals surface area contributed by atoms with Crippen molar-refractivity contribution >= 4 is 79.2 Å². The molecule has 0 aromatic heterocycles. The Morgan fingerprint density at radius 3 is 1.54 bits per heavy atom. The Labute approximate surface area is 106 Å². The number of hydrogen-bond acceptors (Lipinski definition) is 0. The van der Waals surface area contributed by atoms with Gasteiger partial charge in [0.15, 0.2) is 0 Å². The molecule has 1 aromatic rings. The molecule has 1 aromatic carbocycles. The highest BCUT2D eigenvalue weighted by molar-refractivity contribution is 7.69. The van der Waals surface area contributed by atoms with Crippen molar-refractivity contribution in [2.75, 3.05) is 0 Å². The topological polar surface area (TPSA) is 0 Å². The summed E-state index contributed by atoms with van der Waals surface area (Å²) in [5.74, 6) is 0. The van der Waals surface area contributed by atoms with E-state index in [1.807, 2.05) is 0 Å². The fourth-order valence-corrected chi connectivity index (χ4v) is 5.87. The molecule has 13 heavy (non-hydrogen) atoms. The zero-order valence-corrected chi connectivity index (χ0v) is 11.5. The van der Waals surface area contributed by atoms with Crippen LogP contribution < -0.4 is 5.19 Å². The van der Waals surface area contributed by atoms with Gasteiger partial charge in [0.05, 0.1) is 0 Å². The van der Waals surface area contributed by atoms with Gasteiger partial charge in [-0.25, -0.2) is 0 Å². The lowest BCUT2D eigenvalue weighted by molar-refractivity contribution is 1.75. The molecule has 0 saturated heterocycles. The highest BCUT2D eigenvalue weighted by Gasteiger charge is 2.33. The monoisotopic (exact) mass is 312 g/mol. The molecule has 0 bridgehead atoms. The Morgan fingerprint density at radius 1 is 0.846 bits per heavy atom. The summed E-state index contributed by atoms with van der Waals surface area (Å²) in [6.45, 7) is 0. The van der Waals surface area contributed by atoms with Gasteiger partial charge in [0.25, 0.3) is 0 Å². The largest absolute Gasteiger partial charge is 0.375 e. The van der Waals surface area contributed by atoms with Crippen molar-refractivity contribution in [2.45, 2.75) is 0 Å². The Balaban J connectivity index is 3.38. The molecule has 0 aliphatic carbocycles. The SMILES string of the molecule is Clc1cc(Cl)c([Si](Cl)(Cl)Cl)c(Cl)c1. The van der Waals surface area contributed by atoms with Gasteiger partial charge in [-0.3, -0.25) is 0 Å². The van der Waals surface area contributed by atoms with Crippen LogP contribution in [-0.2, 0) is 0 Å². The molecule has 0 unspecified atom stereocenters.